The molecule has 0 atom stereocenters. The van der Waals surface area contributed by atoms with E-state index in [4.69, 9.17) is 20.6 Å². The number of nitrogens with zero attached hydrogens (tertiary/aromatic N) is 1. The molecule has 1 aliphatic heterocycles. The van der Waals surface area contributed by atoms with Crippen molar-refractivity contribution in [2.45, 2.75) is 13.2 Å². The molecule has 0 spiro atoms. The number of nitrogens with two attached hydrogens (primary N) is 1. The Balaban J connectivity index is 2.57. The van der Waals surface area contributed by atoms with E-state index in [1.54, 1.807) is 14.2 Å². The van der Waals surface area contributed by atoms with Crippen LogP contribution in [0, 0.1) is 5.41 Å². The summed E-state index contributed by atoms with van der Waals surface area (Å²) in [5, 5.41) is 7.85. The Labute approximate surface area is 99.8 Å². The van der Waals surface area contributed by atoms with Crippen molar-refractivity contribution < 1.29 is 9.47 Å². The molecule has 0 amide bonds. The summed E-state index contributed by atoms with van der Waals surface area (Å²) in [7, 11) is 3.25. The normalized spacial score (nSPS) is 13.8. The summed E-state index contributed by atoms with van der Waals surface area (Å²) < 4.78 is 10.2. The van der Waals surface area contributed by atoms with Crippen molar-refractivity contribution in [1.82, 2.24) is 0 Å². The van der Waals surface area contributed by atoms with Crippen LogP contribution in [0.5, 0.6) is 0 Å². The fourth-order valence-electron chi connectivity index (χ4n) is 2.04. The first-order chi connectivity index (χ1) is 8.19. The number of amidine groups is 2. The fourth-order valence-corrected chi connectivity index (χ4v) is 2.04. The largest absolute Gasteiger partial charge is 0.383 e. The van der Waals surface area contributed by atoms with Crippen LogP contribution in [-0.4, -0.2) is 25.9 Å². The Morgan fingerprint density at radius 2 is 1.65 bits per heavy atom. The van der Waals surface area contributed by atoms with Gasteiger partial charge in [-0.15, -0.1) is 0 Å². The third kappa shape index (κ3) is 1.94. The van der Waals surface area contributed by atoms with Gasteiger partial charge in [-0.1, -0.05) is 12.1 Å². The highest BCUT2D eigenvalue weighted by atomic mass is 16.5. The molecule has 5 heteroatoms. The maximum atomic E-state index is 7.85. The van der Waals surface area contributed by atoms with Gasteiger partial charge in [-0.2, -0.15) is 0 Å². The molecule has 0 aromatic heterocycles. The Kier molecular flexibility index (Phi) is 3.21. The van der Waals surface area contributed by atoms with Crippen molar-refractivity contribution in [3.8, 4) is 0 Å². The lowest BCUT2D eigenvalue weighted by Gasteiger charge is -2.11. The third-order valence-corrected chi connectivity index (χ3v) is 2.70. The van der Waals surface area contributed by atoms with Crippen molar-refractivity contribution in [3.05, 3.63) is 34.4 Å². The summed E-state index contributed by atoms with van der Waals surface area (Å²) in [6.07, 6.45) is 0. The SMILES string of the molecule is COCc1ccc(COC)c2c1C(=N)N=C2N. The van der Waals surface area contributed by atoms with Crippen molar-refractivity contribution in [3.63, 3.8) is 0 Å². The lowest BCUT2D eigenvalue weighted by molar-refractivity contribution is 0.182. The molecule has 0 bridgehead atoms. The molecular formula is C12H15N3O2. The molecule has 0 unspecified atom stereocenters. The second-order valence-corrected chi connectivity index (χ2v) is 3.85. The molecule has 0 saturated carbocycles. The van der Waals surface area contributed by atoms with Crippen LogP contribution in [0.2, 0.25) is 0 Å². The molecule has 0 radical (unpaired) electrons. The highest BCUT2D eigenvalue weighted by Gasteiger charge is 2.24. The zero-order valence-corrected chi connectivity index (χ0v) is 9.91. The minimum atomic E-state index is 0.197. The second-order valence-electron chi connectivity index (χ2n) is 3.85. The van der Waals surface area contributed by atoms with E-state index in [0.717, 1.165) is 22.3 Å². The average molecular weight is 233 g/mol. The van der Waals surface area contributed by atoms with E-state index >= 15 is 0 Å². The van der Waals surface area contributed by atoms with E-state index in [1.165, 1.54) is 0 Å². The smallest absolute Gasteiger partial charge is 0.155 e. The number of fused-ring (bicyclic) bond motifs is 1. The molecule has 2 rings (SSSR count). The predicted molar refractivity (Wildman–Crippen MR) is 65.4 cm³/mol. The van der Waals surface area contributed by atoms with Crippen molar-refractivity contribution in [2.24, 2.45) is 10.7 Å². The second kappa shape index (κ2) is 4.65. The van der Waals surface area contributed by atoms with Gasteiger partial charge in [0, 0.05) is 25.3 Å². The Bertz CT molecular complexity index is 495. The Morgan fingerprint density at radius 3 is 2.18 bits per heavy atom. The van der Waals surface area contributed by atoms with E-state index < -0.39 is 0 Å². The molecule has 1 aliphatic rings. The highest BCUT2D eigenvalue weighted by Crippen LogP contribution is 2.26. The van der Waals surface area contributed by atoms with Gasteiger partial charge in [-0.25, -0.2) is 4.99 Å². The number of ether oxygens (including phenoxy) is 2. The summed E-state index contributed by atoms with van der Waals surface area (Å²) in [5.74, 6) is 0.581. The molecule has 5 nitrogen and oxygen atoms in total. The van der Waals surface area contributed by atoms with Gasteiger partial charge in [-0.3, -0.25) is 5.41 Å². The van der Waals surface area contributed by atoms with E-state index in [0.29, 0.717) is 19.0 Å². The molecule has 90 valence electrons. The van der Waals surface area contributed by atoms with E-state index in [1.807, 2.05) is 12.1 Å². The number of benzene rings is 1. The van der Waals surface area contributed by atoms with Crippen molar-refractivity contribution >= 4 is 11.7 Å². The zero-order valence-electron chi connectivity index (χ0n) is 9.91. The van der Waals surface area contributed by atoms with Gasteiger partial charge in [0.1, 0.15) is 5.84 Å². The molecule has 0 fully saturated rings. The quantitative estimate of drug-likeness (QED) is 0.814. The molecule has 17 heavy (non-hydrogen) atoms. The topological polar surface area (TPSA) is 80.7 Å². The summed E-state index contributed by atoms with van der Waals surface area (Å²) in [4.78, 5) is 4.01. The van der Waals surface area contributed by atoms with Crippen molar-refractivity contribution in [1.29, 1.82) is 5.41 Å². The molecule has 1 heterocycles. The molecule has 0 saturated heterocycles. The van der Waals surface area contributed by atoms with E-state index in [-0.39, 0.29) is 5.84 Å². The van der Waals surface area contributed by atoms with Crippen LogP contribution < -0.4 is 5.73 Å². The van der Waals surface area contributed by atoms with Gasteiger partial charge in [0.25, 0.3) is 0 Å². The summed E-state index contributed by atoms with van der Waals surface area (Å²) in [6, 6.07) is 3.87. The van der Waals surface area contributed by atoms with Gasteiger partial charge in [0.15, 0.2) is 5.84 Å². The minimum absolute atomic E-state index is 0.197. The van der Waals surface area contributed by atoms with Gasteiger partial charge in [0.2, 0.25) is 0 Å². The molecule has 3 N–H and O–H groups in total. The average Bonchev–Trinajstić information content (AvgIpc) is 2.59. The number of hydrogen-bond donors (Lipinski definition) is 2. The van der Waals surface area contributed by atoms with Gasteiger partial charge in [-0.05, 0) is 11.1 Å². The maximum Gasteiger partial charge on any atom is 0.155 e. The van der Waals surface area contributed by atoms with Crippen LogP contribution in [-0.2, 0) is 22.7 Å². The van der Waals surface area contributed by atoms with Crippen LogP contribution in [0.3, 0.4) is 0 Å². The molecule has 1 aromatic carbocycles. The maximum absolute atomic E-state index is 7.85. The Hall–Kier alpha value is -1.72. The fraction of sp³-hybridized carbons (Fsp3) is 0.333. The first-order valence-corrected chi connectivity index (χ1v) is 5.25. The van der Waals surface area contributed by atoms with Gasteiger partial charge >= 0.3 is 0 Å². The Morgan fingerprint density at radius 1 is 1.12 bits per heavy atom. The summed E-state index contributed by atoms with van der Waals surface area (Å²) in [5.41, 5.74) is 9.30. The zero-order chi connectivity index (χ0) is 12.4. The van der Waals surface area contributed by atoms with Crippen LogP contribution in [0.25, 0.3) is 0 Å². The standard InChI is InChI=1S/C12H15N3O2/c1-16-5-7-3-4-8(6-17-2)10-9(7)11(13)15-12(10)14/h3-4H,5-6H2,1-2H3,(H3,13,14,15). The first-order valence-electron chi connectivity index (χ1n) is 5.25. The number of aliphatic imine (C=N–C) groups is 1. The van der Waals surface area contributed by atoms with Crippen LogP contribution >= 0.6 is 0 Å². The lowest BCUT2D eigenvalue weighted by atomic mass is 9.97. The number of hydrogen-bond acceptors (Lipinski definition) is 4. The molecule has 0 aliphatic carbocycles. The molecule has 1 aromatic rings. The van der Waals surface area contributed by atoms with E-state index in [9.17, 15) is 0 Å². The number of methoxy groups -OCH3 is 2. The van der Waals surface area contributed by atoms with Crippen LogP contribution in [0.4, 0.5) is 0 Å². The number of rotatable bonds is 4. The van der Waals surface area contributed by atoms with E-state index in [2.05, 4.69) is 4.99 Å². The highest BCUT2D eigenvalue weighted by molar-refractivity contribution is 6.22. The van der Waals surface area contributed by atoms with Gasteiger partial charge < -0.3 is 15.2 Å². The predicted octanol–water partition coefficient (Wildman–Crippen LogP) is 1.02. The van der Waals surface area contributed by atoms with Crippen LogP contribution in [0.15, 0.2) is 17.1 Å². The summed E-state index contributed by atoms with van der Waals surface area (Å²) >= 11 is 0. The lowest BCUT2D eigenvalue weighted by Crippen LogP contribution is -2.15. The third-order valence-electron chi connectivity index (χ3n) is 2.70. The minimum Gasteiger partial charge on any atom is -0.383 e. The first kappa shape index (κ1) is 11.8. The summed E-state index contributed by atoms with van der Waals surface area (Å²) in [6.45, 7) is 0.903. The van der Waals surface area contributed by atoms with Gasteiger partial charge in [0.05, 0.1) is 13.2 Å². The monoisotopic (exact) mass is 233 g/mol. The van der Waals surface area contributed by atoms with Crippen LogP contribution in [0.1, 0.15) is 22.3 Å². The van der Waals surface area contributed by atoms with Crippen molar-refractivity contribution in [2.75, 3.05) is 14.2 Å². The molecular weight excluding hydrogens is 218 g/mol. The number of nitrogens with one attached hydrogen (secondary N) is 1.